The van der Waals surface area contributed by atoms with E-state index < -0.39 is 0 Å². The van der Waals surface area contributed by atoms with Gasteiger partial charge >= 0.3 is 0 Å². The van der Waals surface area contributed by atoms with Crippen LogP contribution in [0.4, 0.5) is 5.82 Å². The molecule has 2 N–H and O–H groups in total. The fraction of sp³-hybridized carbons (Fsp3) is 0.474. The van der Waals surface area contributed by atoms with Crippen LogP contribution >= 0.6 is 0 Å². The smallest absolute Gasteiger partial charge is 0.135 e. The lowest BCUT2D eigenvalue weighted by Crippen LogP contribution is -2.37. The van der Waals surface area contributed by atoms with E-state index in [0.717, 1.165) is 49.7 Å². The Morgan fingerprint density at radius 3 is 3.08 bits per heavy atom. The maximum Gasteiger partial charge on any atom is 0.135 e. The van der Waals surface area contributed by atoms with E-state index in [1.807, 2.05) is 12.1 Å². The van der Waals surface area contributed by atoms with Crippen LogP contribution in [-0.2, 0) is 13.0 Å². The van der Waals surface area contributed by atoms with Crippen molar-refractivity contribution in [2.45, 2.75) is 32.3 Å². The molecule has 2 aliphatic heterocycles. The van der Waals surface area contributed by atoms with Crippen LogP contribution in [0.5, 0.6) is 5.75 Å². The molecule has 2 aliphatic rings. The Kier molecular flexibility index (Phi) is 4.34. The van der Waals surface area contributed by atoms with E-state index in [0.29, 0.717) is 12.5 Å². The molecule has 0 radical (unpaired) electrons. The number of benzene rings is 1. The lowest BCUT2D eigenvalue weighted by atomic mass is 9.94. The Morgan fingerprint density at radius 2 is 2.17 bits per heavy atom. The van der Waals surface area contributed by atoms with Gasteiger partial charge in [0, 0.05) is 25.1 Å². The first-order valence-corrected chi connectivity index (χ1v) is 8.83. The van der Waals surface area contributed by atoms with E-state index in [1.54, 1.807) is 6.33 Å². The summed E-state index contributed by atoms with van der Waals surface area (Å²) in [4.78, 5) is 11.6. The maximum absolute atomic E-state index is 5.95. The quantitative estimate of drug-likeness (QED) is 0.940. The summed E-state index contributed by atoms with van der Waals surface area (Å²) in [5.74, 6) is 2.71. The minimum atomic E-state index is 0.516. The molecule has 126 valence electrons. The first-order chi connectivity index (χ1) is 11.8. The van der Waals surface area contributed by atoms with Gasteiger partial charge in [0.2, 0.25) is 0 Å². The van der Waals surface area contributed by atoms with Gasteiger partial charge in [-0.3, -0.25) is 0 Å². The molecular weight excluding hydrogens is 300 g/mol. The van der Waals surface area contributed by atoms with Crippen molar-refractivity contribution >= 4 is 5.82 Å². The SMILES string of the molecule is NCC[C@@H]1CCCN(c2ncnc3c2Cc2ccccc2OC3)C1. The van der Waals surface area contributed by atoms with Gasteiger partial charge in [-0.2, -0.15) is 0 Å². The second kappa shape index (κ2) is 6.77. The zero-order valence-corrected chi connectivity index (χ0v) is 13.9. The summed E-state index contributed by atoms with van der Waals surface area (Å²) in [6.45, 7) is 3.39. The number of nitrogens with two attached hydrogens (primary N) is 1. The van der Waals surface area contributed by atoms with Crippen molar-refractivity contribution in [2.24, 2.45) is 11.7 Å². The lowest BCUT2D eigenvalue weighted by molar-refractivity contribution is 0.302. The standard InChI is InChI=1S/C19H24N4O/c20-8-7-14-4-3-9-23(11-14)19-16-10-15-5-1-2-6-18(15)24-12-17(16)21-13-22-19/h1-2,5-6,13-14H,3-4,7-12,20H2/t14-/m0/s1. The average molecular weight is 324 g/mol. The minimum Gasteiger partial charge on any atom is -0.487 e. The zero-order chi connectivity index (χ0) is 16.4. The second-order valence-electron chi connectivity index (χ2n) is 6.73. The molecule has 24 heavy (non-hydrogen) atoms. The van der Waals surface area contributed by atoms with Crippen molar-refractivity contribution in [1.82, 2.24) is 9.97 Å². The number of para-hydroxylation sites is 1. The van der Waals surface area contributed by atoms with E-state index in [2.05, 4.69) is 27.0 Å². The number of hydrogen-bond acceptors (Lipinski definition) is 5. The Bertz CT molecular complexity index is 716. The van der Waals surface area contributed by atoms with Crippen molar-refractivity contribution in [3.63, 3.8) is 0 Å². The van der Waals surface area contributed by atoms with Crippen LogP contribution < -0.4 is 15.4 Å². The summed E-state index contributed by atoms with van der Waals surface area (Å²) in [7, 11) is 0. The van der Waals surface area contributed by atoms with E-state index in [1.165, 1.54) is 24.0 Å². The van der Waals surface area contributed by atoms with Gasteiger partial charge in [-0.15, -0.1) is 0 Å². The van der Waals surface area contributed by atoms with Crippen LogP contribution in [0.2, 0.25) is 0 Å². The molecule has 3 heterocycles. The van der Waals surface area contributed by atoms with Gasteiger partial charge in [0.05, 0.1) is 5.69 Å². The van der Waals surface area contributed by atoms with Crippen molar-refractivity contribution < 1.29 is 4.74 Å². The van der Waals surface area contributed by atoms with E-state index in [4.69, 9.17) is 10.5 Å². The van der Waals surface area contributed by atoms with E-state index in [-0.39, 0.29) is 0 Å². The molecule has 0 saturated carbocycles. The van der Waals surface area contributed by atoms with Gasteiger partial charge in [0.25, 0.3) is 0 Å². The normalized spacial score (nSPS) is 19.9. The fourth-order valence-corrected chi connectivity index (χ4v) is 3.87. The van der Waals surface area contributed by atoms with Crippen LogP contribution in [-0.4, -0.2) is 29.6 Å². The summed E-state index contributed by atoms with van der Waals surface area (Å²) < 4.78 is 5.95. The number of aromatic nitrogens is 2. The number of ether oxygens (including phenoxy) is 1. The molecule has 1 aromatic heterocycles. The van der Waals surface area contributed by atoms with Gasteiger partial charge in [0.15, 0.2) is 0 Å². The molecule has 0 bridgehead atoms. The molecule has 5 nitrogen and oxygen atoms in total. The van der Waals surface area contributed by atoms with Crippen LogP contribution in [0.1, 0.15) is 36.1 Å². The summed E-state index contributed by atoms with van der Waals surface area (Å²) in [5, 5.41) is 0. The first-order valence-electron chi connectivity index (χ1n) is 8.83. The summed E-state index contributed by atoms with van der Waals surface area (Å²) in [5.41, 5.74) is 9.21. The Balaban J connectivity index is 1.67. The second-order valence-corrected chi connectivity index (χ2v) is 6.73. The molecule has 2 aromatic rings. The van der Waals surface area contributed by atoms with Crippen molar-refractivity contribution in [1.29, 1.82) is 0 Å². The number of piperidine rings is 1. The Morgan fingerprint density at radius 1 is 1.25 bits per heavy atom. The monoisotopic (exact) mass is 324 g/mol. The van der Waals surface area contributed by atoms with Crippen LogP contribution in [0, 0.1) is 5.92 Å². The van der Waals surface area contributed by atoms with Gasteiger partial charge in [-0.05, 0) is 43.4 Å². The predicted octanol–water partition coefficient (Wildman–Crippen LogP) is 2.53. The van der Waals surface area contributed by atoms with Gasteiger partial charge in [-0.25, -0.2) is 9.97 Å². The average Bonchev–Trinajstić information content (AvgIpc) is 2.81. The molecule has 1 aromatic carbocycles. The maximum atomic E-state index is 5.95. The number of fused-ring (bicyclic) bond motifs is 2. The number of nitrogens with zero attached hydrogens (tertiary/aromatic N) is 3. The third-order valence-corrected chi connectivity index (χ3v) is 5.11. The molecular formula is C19H24N4O. The van der Waals surface area contributed by atoms with Gasteiger partial charge in [0.1, 0.15) is 24.5 Å². The topological polar surface area (TPSA) is 64.3 Å². The Labute approximate surface area is 142 Å². The summed E-state index contributed by atoms with van der Waals surface area (Å²) in [6.07, 6.45) is 6.08. The molecule has 0 spiro atoms. The van der Waals surface area contributed by atoms with Crippen molar-refractivity contribution in [3.8, 4) is 5.75 Å². The number of anilines is 1. The number of hydrogen-bond donors (Lipinski definition) is 1. The van der Waals surface area contributed by atoms with E-state index >= 15 is 0 Å². The summed E-state index contributed by atoms with van der Waals surface area (Å²) >= 11 is 0. The molecule has 0 aliphatic carbocycles. The molecule has 1 atom stereocenters. The summed E-state index contributed by atoms with van der Waals surface area (Å²) in [6, 6.07) is 8.25. The fourth-order valence-electron chi connectivity index (χ4n) is 3.87. The van der Waals surface area contributed by atoms with Gasteiger partial charge < -0.3 is 15.4 Å². The number of rotatable bonds is 3. The lowest BCUT2D eigenvalue weighted by Gasteiger charge is -2.34. The molecule has 4 rings (SSSR count). The molecule has 1 saturated heterocycles. The highest BCUT2D eigenvalue weighted by molar-refractivity contribution is 5.53. The minimum absolute atomic E-state index is 0.516. The molecule has 0 unspecified atom stereocenters. The Hall–Kier alpha value is -2.14. The highest BCUT2D eigenvalue weighted by Gasteiger charge is 2.25. The largest absolute Gasteiger partial charge is 0.487 e. The van der Waals surface area contributed by atoms with Gasteiger partial charge in [-0.1, -0.05) is 18.2 Å². The third-order valence-electron chi connectivity index (χ3n) is 5.11. The molecule has 5 heteroatoms. The first kappa shape index (κ1) is 15.4. The van der Waals surface area contributed by atoms with Crippen LogP contribution in [0.15, 0.2) is 30.6 Å². The third kappa shape index (κ3) is 2.96. The van der Waals surface area contributed by atoms with Crippen molar-refractivity contribution in [2.75, 3.05) is 24.5 Å². The highest BCUT2D eigenvalue weighted by atomic mass is 16.5. The van der Waals surface area contributed by atoms with E-state index in [9.17, 15) is 0 Å². The predicted molar refractivity (Wildman–Crippen MR) is 94.2 cm³/mol. The molecule has 0 amide bonds. The highest BCUT2D eigenvalue weighted by Crippen LogP contribution is 2.33. The van der Waals surface area contributed by atoms with Crippen molar-refractivity contribution in [3.05, 3.63) is 47.4 Å². The van der Waals surface area contributed by atoms with Crippen LogP contribution in [0.3, 0.4) is 0 Å². The zero-order valence-electron chi connectivity index (χ0n) is 13.9. The molecule has 1 fully saturated rings. The van der Waals surface area contributed by atoms with Crippen LogP contribution in [0.25, 0.3) is 0 Å².